The number of amides is 3. The Morgan fingerprint density at radius 3 is 2.03 bits per heavy atom. The molecule has 5 nitrogen and oxygen atoms in total. The Balaban J connectivity index is 1.59. The monoisotopic (exact) mass is 485 g/mol. The topological polar surface area (TPSA) is 52.7 Å². The van der Waals surface area contributed by atoms with Gasteiger partial charge in [0.2, 0.25) is 0 Å². The molecule has 2 aliphatic rings. The lowest BCUT2D eigenvalue weighted by atomic mass is 9.85. The van der Waals surface area contributed by atoms with Gasteiger partial charge in [-0.05, 0) is 49.6 Å². The molecular formula is C23H21F6N3O2. The predicted octanol–water partition coefficient (Wildman–Crippen LogP) is 5.24. The standard InChI is InChI=1S/C23H21F6N3O2/c1-14-4-2-3-5-18(14)32-20(34)30-13-21(32)6-8-31(9-7-21)19(33)15-10-16(22(24,25)26)12-17(11-15)23(27,28)29/h2-5,10-12H,6-9,13H2,1H3,(H,30,34). The van der Waals surface area contributed by atoms with Crippen molar-refractivity contribution in [2.45, 2.75) is 37.7 Å². The number of carbonyl (C=O) groups excluding carboxylic acids is 2. The highest BCUT2D eigenvalue weighted by molar-refractivity contribution is 5.97. The van der Waals surface area contributed by atoms with E-state index in [0.29, 0.717) is 37.2 Å². The summed E-state index contributed by atoms with van der Waals surface area (Å²) >= 11 is 0. The van der Waals surface area contributed by atoms with E-state index in [4.69, 9.17) is 0 Å². The zero-order chi connectivity index (χ0) is 24.9. The Morgan fingerprint density at radius 2 is 1.50 bits per heavy atom. The van der Waals surface area contributed by atoms with Crippen molar-refractivity contribution in [2.75, 3.05) is 24.5 Å². The summed E-state index contributed by atoms with van der Waals surface area (Å²) in [7, 11) is 0. The Morgan fingerprint density at radius 1 is 0.941 bits per heavy atom. The number of halogens is 6. The van der Waals surface area contributed by atoms with Gasteiger partial charge in [0.05, 0.1) is 16.7 Å². The van der Waals surface area contributed by atoms with E-state index in [1.807, 2.05) is 19.1 Å². The van der Waals surface area contributed by atoms with Crippen molar-refractivity contribution in [1.82, 2.24) is 10.2 Å². The maximum Gasteiger partial charge on any atom is 0.416 e. The number of likely N-dealkylation sites (tertiary alicyclic amines) is 1. The quantitative estimate of drug-likeness (QED) is 0.592. The fraction of sp³-hybridized carbons (Fsp3) is 0.391. The molecule has 0 unspecified atom stereocenters. The number of aryl methyl sites for hydroxylation is 1. The number of benzene rings is 2. The summed E-state index contributed by atoms with van der Waals surface area (Å²) in [6, 6.07) is 7.90. The number of nitrogens with zero attached hydrogens (tertiary/aromatic N) is 2. The summed E-state index contributed by atoms with van der Waals surface area (Å²) in [5.41, 5.74) is -2.79. The van der Waals surface area contributed by atoms with E-state index < -0.39 is 40.5 Å². The van der Waals surface area contributed by atoms with Crippen molar-refractivity contribution in [3.63, 3.8) is 0 Å². The largest absolute Gasteiger partial charge is 0.416 e. The van der Waals surface area contributed by atoms with Gasteiger partial charge in [0.1, 0.15) is 0 Å². The van der Waals surface area contributed by atoms with Crippen molar-refractivity contribution < 1.29 is 35.9 Å². The predicted molar refractivity (Wildman–Crippen MR) is 111 cm³/mol. The van der Waals surface area contributed by atoms with Crippen LogP contribution in [-0.2, 0) is 12.4 Å². The number of nitrogens with one attached hydrogen (secondary N) is 1. The second-order valence-electron chi connectivity index (χ2n) is 8.59. The van der Waals surface area contributed by atoms with Gasteiger partial charge in [-0.15, -0.1) is 0 Å². The molecule has 0 atom stereocenters. The molecule has 2 aromatic rings. The van der Waals surface area contributed by atoms with Crippen molar-refractivity contribution in [3.05, 3.63) is 64.7 Å². The number of alkyl halides is 6. The molecule has 34 heavy (non-hydrogen) atoms. The molecule has 0 aliphatic carbocycles. The first-order valence-corrected chi connectivity index (χ1v) is 10.5. The van der Waals surface area contributed by atoms with Gasteiger partial charge in [-0.2, -0.15) is 26.3 Å². The van der Waals surface area contributed by atoms with Crippen LogP contribution < -0.4 is 10.2 Å². The van der Waals surface area contributed by atoms with Gasteiger partial charge in [-0.3, -0.25) is 9.69 Å². The molecule has 0 saturated carbocycles. The van der Waals surface area contributed by atoms with Gasteiger partial charge in [-0.25, -0.2) is 4.79 Å². The number of rotatable bonds is 2. The fourth-order valence-corrected chi connectivity index (χ4v) is 4.58. The van der Waals surface area contributed by atoms with Crippen molar-refractivity contribution in [1.29, 1.82) is 0 Å². The number of hydrogen-bond donors (Lipinski definition) is 1. The maximum atomic E-state index is 13.2. The second kappa shape index (κ2) is 8.21. The average molecular weight is 485 g/mol. The lowest BCUT2D eigenvalue weighted by Gasteiger charge is -2.44. The molecular weight excluding hydrogens is 464 g/mol. The van der Waals surface area contributed by atoms with Crippen LogP contribution in [0.25, 0.3) is 0 Å². The third-order valence-electron chi connectivity index (χ3n) is 6.42. The molecule has 3 amide bonds. The lowest BCUT2D eigenvalue weighted by molar-refractivity contribution is -0.143. The third-order valence-corrected chi connectivity index (χ3v) is 6.42. The van der Waals surface area contributed by atoms with Crippen LogP contribution in [0.4, 0.5) is 36.8 Å². The molecule has 2 aliphatic heterocycles. The smallest absolute Gasteiger partial charge is 0.338 e. The van der Waals surface area contributed by atoms with Crippen molar-refractivity contribution >= 4 is 17.6 Å². The van der Waals surface area contributed by atoms with E-state index >= 15 is 0 Å². The maximum absolute atomic E-state index is 13.2. The number of anilines is 1. The minimum absolute atomic E-state index is 0.00213. The van der Waals surface area contributed by atoms with Crippen LogP contribution in [0.2, 0.25) is 0 Å². The normalized spacial score (nSPS) is 18.4. The summed E-state index contributed by atoms with van der Waals surface area (Å²) in [6.07, 6.45) is -9.44. The minimum Gasteiger partial charge on any atom is -0.338 e. The van der Waals surface area contributed by atoms with Crippen molar-refractivity contribution in [3.8, 4) is 0 Å². The highest BCUT2D eigenvalue weighted by Gasteiger charge is 2.49. The molecule has 1 spiro atoms. The Kier molecular flexibility index (Phi) is 5.77. The summed E-state index contributed by atoms with van der Waals surface area (Å²) in [5.74, 6) is -0.911. The van der Waals surface area contributed by atoms with Gasteiger partial charge in [0.15, 0.2) is 0 Å². The van der Waals surface area contributed by atoms with Gasteiger partial charge in [-0.1, -0.05) is 18.2 Å². The number of carbonyl (C=O) groups is 2. The molecule has 0 bridgehead atoms. The zero-order valence-electron chi connectivity index (χ0n) is 18.1. The summed E-state index contributed by atoms with van der Waals surface area (Å²) in [4.78, 5) is 28.4. The lowest BCUT2D eigenvalue weighted by Crippen LogP contribution is -2.56. The molecule has 2 saturated heterocycles. The molecule has 2 fully saturated rings. The molecule has 1 N–H and O–H groups in total. The van der Waals surface area contributed by atoms with E-state index in [1.54, 1.807) is 17.0 Å². The second-order valence-corrected chi connectivity index (χ2v) is 8.59. The molecule has 11 heteroatoms. The Bertz CT molecular complexity index is 1090. The van der Waals surface area contributed by atoms with Crippen LogP contribution in [0.15, 0.2) is 42.5 Å². The van der Waals surface area contributed by atoms with Gasteiger partial charge in [0.25, 0.3) is 5.91 Å². The van der Waals surface area contributed by atoms with Gasteiger partial charge < -0.3 is 10.2 Å². The van der Waals surface area contributed by atoms with Crippen LogP contribution in [0, 0.1) is 6.92 Å². The fourth-order valence-electron chi connectivity index (χ4n) is 4.58. The third kappa shape index (κ3) is 4.30. The van der Waals surface area contributed by atoms with Gasteiger partial charge >= 0.3 is 18.4 Å². The average Bonchev–Trinajstić information content (AvgIpc) is 3.08. The first-order valence-electron chi connectivity index (χ1n) is 10.5. The summed E-state index contributed by atoms with van der Waals surface area (Å²) < 4.78 is 79.1. The minimum atomic E-state index is -5.04. The highest BCUT2D eigenvalue weighted by Crippen LogP contribution is 2.39. The van der Waals surface area contributed by atoms with Crippen LogP contribution in [0.5, 0.6) is 0 Å². The zero-order valence-corrected chi connectivity index (χ0v) is 18.1. The van der Waals surface area contributed by atoms with E-state index in [1.165, 1.54) is 4.90 Å². The highest BCUT2D eigenvalue weighted by atomic mass is 19.4. The van der Waals surface area contributed by atoms with E-state index in [0.717, 1.165) is 5.56 Å². The number of piperidine rings is 1. The molecule has 0 radical (unpaired) electrons. The van der Waals surface area contributed by atoms with Crippen LogP contribution in [-0.4, -0.2) is 42.0 Å². The molecule has 4 rings (SSSR count). The van der Waals surface area contributed by atoms with E-state index in [9.17, 15) is 35.9 Å². The molecule has 182 valence electrons. The molecule has 2 aromatic carbocycles. The number of para-hydroxylation sites is 1. The van der Waals surface area contributed by atoms with Crippen LogP contribution in [0.3, 0.4) is 0 Å². The number of hydrogen-bond acceptors (Lipinski definition) is 2. The van der Waals surface area contributed by atoms with Crippen LogP contribution in [0.1, 0.15) is 39.9 Å². The van der Waals surface area contributed by atoms with Crippen LogP contribution >= 0.6 is 0 Å². The molecule has 0 aromatic heterocycles. The first-order chi connectivity index (χ1) is 15.8. The van der Waals surface area contributed by atoms with Gasteiger partial charge in [0, 0.05) is 30.9 Å². The Labute approximate surface area is 191 Å². The Hall–Kier alpha value is -3.24. The molecule has 2 heterocycles. The number of urea groups is 1. The van der Waals surface area contributed by atoms with Crippen molar-refractivity contribution in [2.24, 2.45) is 0 Å². The SMILES string of the molecule is Cc1ccccc1N1C(=O)NCC12CCN(C(=O)c1cc(C(F)(F)F)cc(C(F)(F)F)c1)CC2. The van der Waals surface area contributed by atoms with E-state index in [2.05, 4.69) is 5.32 Å². The summed E-state index contributed by atoms with van der Waals surface area (Å²) in [6.45, 7) is 2.34. The summed E-state index contributed by atoms with van der Waals surface area (Å²) in [5, 5.41) is 2.81. The first kappa shape index (κ1) is 23.9. The van der Waals surface area contributed by atoms with E-state index in [-0.39, 0.29) is 25.2 Å².